The Bertz CT molecular complexity index is 3090. The van der Waals surface area contributed by atoms with Gasteiger partial charge < -0.3 is 149 Å². The summed E-state index contributed by atoms with van der Waals surface area (Å²) in [6.45, 7) is 52.1. The van der Waals surface area contributed by atoms with Crippen LogP contribution in [0.4, 0.5) is 43.9 Å². The Balaban J connectivity index is 0.00000107. The molecular formula is C95H199F10N37. The van der Waals surface area contributed by atoms with Crippen molar-refractivity contribution in [2.24, 2.45) is 86.0 Å². The molecule has 0 saturated heterocycles. The Kier molecular flexibility index (Phi) is 90.5. The van der Waals surface area contributed by atoms with Crippen LogP contribution in [0, 0.1) is 58.2 Å². The van der Waals surface area contributed by atoms with E-state index < -0.39 is 82.4 Å². The van der Waals surface area contributed by atoms with Crippen LogP contribution < -0.4 is 134 Å². The van der Waals surface area contributed by atoms with E-state index in [1.54, 1.807) is 0 Å². The molecule has 47 heteroatoms. The minimum absolute atomic E-state index is 0.281. The van der Waals surface area contributed by atoms with Gasteiger partial charge >= 0.3 is 0 Å². The van der Waals surface area contributed by atoms with Gasteiger partial charge in [0.1, 0.15) is 0 Å². The molecule has 0 atom stereocenters. The summed E-state index contributed by atoms with van der Waals surface area (Å²) in [5.74, 6) is -19.4. The SMILES string of the molecule is NCCCCCN(CCN(CCN)CCNCc1c(F)c(F)c(F)c(F)c1F)CCN(CCNCCN)CCNCCN(CCN)CCN.NCCCCCN(CCN(CCN)CCNCc1c(F)c(F)c(F)c(F)c1F)CCN(CCNCCN)CCNCCN(CCN)CCN.NCCCCCN(CCN(CCN)CCNCc1ccncc1)CCN(CCNCCN)CCNCCN(CCN)CCN. The Morgan fingerprint density at radius 1 is 0.162 bits per heavy atom. The number of unbranched alkanes of at least 4 members (excludes halogenated alkanes) is 6. The molecule has 0 amide bonds. The van der Waals surface area contributed by atoms with E-state index in [0.29, 0.717) is 131 Å². The summed E-state index contributed by atoms with van der Waals surface area (Å²) in [5, 5.41) is 30.2. The first-order valence-corrected chi connectivity index (χ1v) is 52.6. The van der Waals surface area contributed by atoms with Crippen LogP contribution in [-0.4, -0.2) is 496 Å². The van der Waals surface area contributed by atoms with Gasteiger partial charge in [0.25, 0.3) is 0 Å². The molecule has 834 valence electrons. The largest absolute Gasteiger partial charge is 0.330 e. The zero-order chi connectivity index (χ0) is 104. The molecule has 1 heterocycles. The summed E-state index contributed by atoms with van der Waals surface area (Å²) >= 11 is 0. The van der Waals surface area contributed by atoms with Gasteiger partial charge in [0.05, 0.1) is 0 Å². The van der Waals surface area contributed by atoms with Gasteiger partial charge in [-0.1, -0.05) is 19.3 Å². The minimum Gasteiger partial charge on any atom is -0.330 e. The zero-order valence-corrected chi connectivity index (χ0v) is 86.7. The second kappa shape index (κ2) is 94.9. The number of nitrogens with one attached hydrogen (secondary N) is 9. The van der Waals surface area contributed by atoms with Crippen LogP contribution in [-0.2, 0) is 19.6 Å². The van der Waals surface area contributed by atoms with E-state index in [0.717, 1.165) is 339 Å². The first-order valence-electron chi connectivity index (χ1n) is 52.6. The minimum atomic E-state index is -2.16. The Hall–Kier alpha value is -4.55. The van der Waals surface area contributed by atoms with E-state index in [1.807, 2.05) is 12.4 Å². The van der Waals surface area contributed by atoms with E-state index in [4.69, 9.17) is 86.0 Å². The lowest BCUT2D eigenvalue weighted by Gasteiger charge is -2.30. The number of halogens is 10. The van der Waals surface area contributed by atoms with Gasteiger partial charge in [0.2, 0.25) is 11.6 Å². The van der Waals surface area contributed by atoms with Crippen LogP contribution in [0.2, 0.25) is 0 Å². The third-order valence-electron chi connectivity index (χ3n) is 24.4. The maximum Gasteiger partial charge on any atom is 0.200 e. The Labute approximate surface area is 846 Å². The molecule has 0 aliphatic carbocycles. The maximum absolute atomic E-state index is 14.1. The van der Waals surface area contributed by atoms with Crippen molar-refractivity contribution in [3.05, 3.63) is 99.4 Å². The van der Waals surface area contributed by atoms with E-state index in [1.165, 1.54) is 18.4 Å². The fourth-order valence-electron chi connectivity index (χ4n) is 16.0. The van der Waals surface area contributed by atoms with E-state index in [-0.39, 0.29) is 13.1 Å². The van der Waals surface area contributed by atoms with Gasteiger partial charge in [-0.3, -0.25) is 49.1 Å². The lowest BCUT2D eigenvalue weighted by molar-refractivity contribution is 0.174. The van der Waals surface area contributed by atoms with Crippen molar-refractivity contribution in [2.45, 2.75) is 77.4 Å². The molecule has 0 saturated carbocycles. The second-order valence-electron chi connectivity index (χ2n) is 35.6. The van der Waals surface area contributed by atoms with Crippen molar-refractivity contribution in [1.29, 1.82) is 0 Å². The summed E-state index contributed by atoms with van der Waals surface area (Å²) in [5.41, 5.74) is 85.9. The number of benzene rings is 2. The fourth-order valence-corrected chi connectivity index (χ4v) is 16.0. The molecule has 2 aromatic carbocycles. The molecule has 3 aromatic rings. The quantitative estimate of drug-likeness (QED) is 0.0109. The average Bonchev–Trinajstić information content (AvgIpc) is 0.803. The van der Waals surface area contributed by atoms with Crippen molar-refractivity contribution in [2.75, 3.05) is 432 Å². The number of rotatable bonds is 99. The van der Waals surface area contributed by atoms with E-state index in [2.05, 4.69) is 124 Å². The average molecular weight is 2050 g/mol. The Morgan fingerprint density at radius 3 is 0.528 bits per heavy atom. The van der Waals surface area contributed by atoms with Crippen LogP contribution >= 0.6 is 0 Å². The molecule has 37 nitrogen and oxygen atoms in total. The highest BCUT2D eigenvalue weighted by Gasteiger charge is 2.28. The molecular weight excluding hydrogens is 1850 g/mol. The summed E-state index contributed by atoms with van der Waals surface area (Å²) in [6.07, 6.45) is 13.2. The van der Waals surface area contributed by atoms with Crippen molar-refractivity contribution in [3.8, 4) is 0 Å². The monoisotopic (exact) mass is 2050 g/mol. The molecule has 3 rings (SSSR count). The fraction of sp³-hybridized carbons (Fsp3) is 0.821. The highest BCUT2D eigenvalue weighted by Crippen LogP contribution is 2.25. The smallest absolute Gasteiger partial charge is 0.200 e. The molecule has 0 radical (unpaired) electrons. The number of hydrogen-bond acceptors (Lipinski definition) is 37. The third-order valence-corrected chi connectivity index (χ3v) is 24.4. The summed E-state index contributed by atoms with van der Waals surface area (Å²) in [6, 6.07) is 4.11. The first kappa shape index (κ1) is 135. The predicted octanol–water partition coefficient (Wildman–Crippen LogP) is -4.83. The molecule has 0 spiro atoms. The van der Waals surface area contributed by atoms with Crippen LogP contribution in [0.1, 0.15) is 74.5 Å². The highest BCUT2D eigenvalue weighted by atomic mass is 19.2. The summed E-state index contributed by atoms with van der Waals surface area (Å²) in [4.78, 5) is 32.7. The first-order chi connectivity index (χ1) is 69.1. The van der Waals surface area contributed by atoms with Crippen molar-refractivity contribution in [3.63, 3.8) is 0 Å². The van der Waals surface area contributed by atoms with Crippen molar-refractivity contribution in [1.82, 2.24) is 112 Å². The molecule has 39 N–H and O–H groups in total. The van der Waals surface area contributed by atoms with E-state index >= 15 is 0 Å². The lowest BCUT2D eigenvalue weighted by atomic mass is 10.1. The van der Waals surface area contributed by atoms with E-state index in [9.17, 15) is 43.9 Å². The Morgan fingerprint density at radius 2 is 0.331 bits per heavy atom. The second-order valence-corrected chi connectivity index (χ2v) is 35.6. The molecule has 0 aliphatic heterocycles. The summed E-state index contributed by atoms with van der Waals surface area (Å²) < 4.78 is 137. The highest BCUT2D eigenvalue weighted by molar-refractivity contribution is 5.25. The van der Waals surface area contributed by atoms with Crippen LogP contribution in [0.3, 0.4) is 0 Å². The van der Waals surface area contributed by atoms with Gasteiger partial charge in [-0.15, -0.1) is 0 Å². The maximum atomic E-state index is 14.1. The van der Waals surface area contributed by atoms with Gasteiger partial charge in [-0.25, -0.2) is 43.9 Å². The van der Waals surface area contributed by atoms with Gasteiger partial charge in [-0.05, 0) is 95.5 Å². The number of nitrogens with zero attached hydrogens (tertiary/aromatic N) is 13. The van der Waals surface area contributed by atoms with Crippen molar-refractivity contribution < 1.29 is 43.9 Å². The standard InChI is InChI=1S/2C32H65F5N12.C31H69N13/c2*33-28-27(29(34)31(36)32(37)30(28)35)26-45-13-21-48(17-8-42)24-22-46(14-3-1-2-4-38)23-25-49(19-10-43-9-5-39)20-12-44-11-18-47(15-6-40)16-7-41;32-6-2-1-3-18-41(26-28-43(21-10-36)25-17-40-30-31-4-11-37-12-5-31)27-29-44(23-14-38-13-7-33)24-16-39-15-22-42(19-8-34)20-9-35/h2*43-45H,1-26,38-42H2;4-5,11-12,38-40H,1-3,6-10,13-30,32-36H2. The number of hydrogen-bond donors (Lipinski definition) is 24. The molecule has 0 bridgehead atoms. The summed E-state index contributed by atoms with van der Waals surface area (Å²) in [7, 11) is 0. The lowest BCUT2D eigenvalue weighted by Crippen LogP contribution is -2.45. The molecule has 1 aromatic heterocycles. The molecule has 142 heavy (non-hydrogen) atoms. The number of nitrogens with two attached hydrogens (primary N) is 15. The van der Waals surface area contributed by atoms with Gasteiger partial charge in [-0.2, -0.15) is 0 Å². The molecule has 0 unspecified atom stereocenters. The van der Waals surface area contributed by atoms with Crippen molar-refractivity contribution >= 4 is 0 Å². The number of aromatic nitrogens is 1. The van der Waals surface area contributed by atoms with Crippen LogP contribution in [0.5, 0.6) is 0 Å². The normalized spacial score (nSPS) is 12.1. The third kappa shape index (κ3) is 68.2. The van der Waals surface area contributed by atoms with Gasteiger partial charge in [0.15, 0.2) is 46.5 Å². The molecule has 0 aliphatic rings. The zero-order valence-electron chi connectivity index (χ0n) is 86.7. The number of pyridine rings is 1. The molecule has 0 fully saturated rings. The van der Waals surface area contributed by atoms with Crippen LogP contribution in [0.15, 0.2) is 24.5 Å². The topological polar surface area (TPSA) is 550 Å². The van der Waals surface area contributed by atoms with Gasteiger partial charge in [0, 0.05) is 436 Å². The predicted molar refractivity (Wildman–Crippen MR) is 564 cm³/mol. The van der Waals surface area contributed by atoms with Crippen LogP contribution in [0.25, 0.3) is 0 Å².